The molecule has 2 aromatic rings. The summed E-state index contributed by atoms with van der Waals surface area (Å²) in [5.74, 6) is 0.445. The van der Waals surface area contributed by atoms with Crippen LogP contribution in [-0.2, 0) is 15.0 Å². The third-order valence-corrected chi connectivity index (χ3v) is 5.78. The number of anilines is 1. The molecule has 0 saturated heterocycles. The summed E-state index contributed by atoms with van der Waals surface area (Å²) in [4.78, 5) is 27.5. The molecule has 0 spiro atoms. The highest BCUT2D eigenvalue weighted by Crippen LogP contribution is 2.26. The van der Waals surface area contributed by atoms with Crippen molar-refractivity contribution >= 4 is 17.6 Å². The summed E-state index contributed by atoms with van der Waals surface area (Å²) in [5.41, 5.74) is 2.78. The number of amides is 2. The zero-order chi connectivity index (χ0) is 24.6. The zero-order valence-corrected chi connectivity index (χ0v) is 21.6. The van der Waals surface area contributed by atoms with E-state index < -0.39 is 0 Å². The van der Waals surface area contributed by atoms with Gasteiger partial charge in [-0.1, -0.05) is 71.1 Å². The zero-order valence-electron chi connectivity index (χ0n) is 21.6. The first-order valence-corrected chi connectivity index (χ1v) is 12.3. The molecular weight excluding hydrogens is 412 g/mol. The minimum atomic E-state index is -0.211. The van der Waals surface area contributed by atoms with Crippen LogP contribution in [0.4, 0.5) is 5.82 Å². The number of carbonyl (C=O) groups is 2. The van der Waals surface area contributed by atoms with Gasteiger partial charge in [0.05, 0.1) is 11.4 Å². The van der Waals surface area contributed by atoms with E-state index in [1.54, 1.807) is 9.58 Å². The van der Waals surface area contributed by atoms with Gasteiger partial charge in [-0.15, -0.1) is 0 Å². The first-order valence-electron chi connectivity index (χ1n) is 12.3. The molecule has 0 fully saturated rings. The summed E-state index contributed by atoms with van der Waals surface area (Å²) in [7, 11) is 0. The minimum absolute atomic E-state index is 0.0361. The maximum Gasteiger partial charge on any atom is 0.245 e. The number of carbonyl (C=O) groups excluding carboxylic acids is 2. The van der Waals surface area contributed by atoms with Crippen molar-refractivity contribution in [2.45, 2.75) is 98.4 Å². The van der Waals surface area contributed by atoms with E-state index in [1.807, 2.05) is 51.1 Å². The lowest BCUT2D eigenvalue weighted by atomic mass is 9.92. The van der Waals surface area contributed by atoms with Crippen LogP contribution < -0.4 is 5.32 Å². The smallest absolute Gasteiger partial charge is 0.245 e. The predicted molar refractivity (Wildman–Crippen MR) is 136 cm³/mol. The van der Waals surface area contributed by atoms with E-state index in [0.29, 0.717) is 12.2 Å². The number of aryl methyl sites for hydroxylation is 1. The van der Waals surface area contributed by atoms with Gasteiger partial charge in [-0.05, 0) is 39.3 Å². The lowest BCUT2D eigenvalue weighted by molar-refractivity contribution is -0.136. The van der Waals surface area contributed by atoms with Crippen molar-refractivity contribution < 1.29 is 9.59 Å². The third-order valence-electron chi connectivity index (χ3n) is 5.78. The number of nitrogens with zero attached hydrogens (tertiary/aromatic N) is 3. The molecule has 2 amide bonds. The molecule has 0 unspecified atom stereocenters. The molecule has 1 N–H and O–H groups in total. The van der Waals surface area contributed by atoms with E-state index in [1.165, 1.54) is 12.8 Å². The fraction of sp³-hybridized carbons (Fsp3) is 0.593. The molecule has 1 aromatic carbocycles. The van der Waals surface area contributed by atoms with E-state index >= 15 is 0 Å². The topological polar surface area (TPSA) is 67.2 Å². The lowest BCUT2D eigenvalue weighted by Crippen LogP contribution is -2.42. The molecule has 0 bridgehead atoms. The van der Waals surface area contributed by atoms with Gasteiger partial charge in [-0.3, -0.25) is 9.59 Å². The Balaban J connectivity index is 2.14. The van der Waals surface area contributed by atoms with Gasteiger partial charge >= 0.3 is 0 Å². The molecule has 0 aliphatic rings. The largest absolute Gasteiger partial charge is 0.331 e. The highest BCUT2D eigenvalue weighted by molar-refractivity contribution is 5.94. The van der Waals surface area contributed by atoms with Crippen molar-refractivity contribution in [2.75, 3.05) is 11.9 Å². The van der Waals surface area contributed by atoms with Gasteiger partial charge in [0.15, 0.2) is 0 Å². The number of rotatable bonds is 11. The molecule has 0 aliphatic heterocycles. The van der Waals surface area contributed by atoms with Crippen LogP contribution in [0.15, 0.2) is 30.3 Å². The average molecular weight is 455 g/mol. The summed E-state index contributed by atoms with van der Waals surface area (Å²) in [6, 6.07) is 9.93. The van der Waals surface area contributed by atoms with Gasteiger partial charge in [0.1, 0.15) is 12.4 Å². The van der Waals surface area contributed by atoms with Crippen LogP contribution in [0.2, 0.25) is 0 Å². The van der Waals surface area contributed by atoms with Gasteiger partial charge in [-0.25, -0.2) is 4.68 Å². The summed E-state index contributed by atoms with van der Waals surface area (Å²) in [6.45, 7) is 14.5. The highest BCUT2D eigenvalue weighted by Gasteiger charge is 2.24. The first-order chi connectivity index (χ1) is 15.5. The Morgan fingerprint density at radius 1 is 1.06 bits per heavy atom. The van der Waals surface area contributed by atoms with Gasteiger partial charge in [0.2, 0.25) is 11.8 Å². The molecular formula is C27H42N4O2. The fourth-order valence-corrected chi connectivity index (χ4v) is 3.64. The van der Waals surface area contributed by atoms with Crippen LogP contribution in [0, 0.1) is 6.92 Å². The molecule has 1 heterocycles. The first kappa shape index (κ1) is 26.6. The summed E-state index contributed by atoms with van der Waals surface area (Å²) >= 11 is 0. The minimum Gasteiger partial charge on any atom is -0.331 e. The van der Waals surface area contributed by atoms with Gasteiger partial charge in [0, 0.05) is 23.9 Å². The molecule has 2 rings (SSSR count). The second-order valence-electron chi connectivity index (χ2n) is 10.2. The molecule has 0 atom stereocenters. The molecule has 1 aromatic heterocycles. The lowest BCUT2D eigenvalue weighted by Gasteiger charge is -2.26. The van der Waals surface area contributed by atoms with Crippen LogP contribution in [0.3, 0.4) is 0 Å². The average Bonchev–Trinajstić information content (AvgIpc) is 3.16. The number of aromatic nitrogens is 2. The van der Waals surface area contributed by atoms with Gasteiger partial charge in [-0.2, -0.15) is 5.10 Å². The Bertz CT molecular complexity index is 907. The molecule has 6 nitrogen and oxygen atoms in total. The monoisotopic (exact) mass is 454 g/mol. The Morgan fingerprint density at radius 3 is 2.27 bits per heavy atom. The van der Waals surface area contributed by atoms with Crippen LogP contribution in [0.1, 0.15) is 91.3 Å². The normalized spacial score (nSPS) is 11.6. The molecule has 6 heteroatoms. The van der Waals surface area contributed by atoms with E-state index in [0.717, 1.165) is 36.2 Å². The van der Waals surface area contributed by atoms with Crippen LogP contribution in [0.25, 0.3) is 5.69 Å². The number of unbranched alkanes of at least 4 members (excludes halogenated alkanes) is 4. The van der Waals surface area contributed by atoms with Crippen molar-refractivity contribution in [3.63, 3.8) is 0 Å². The number of hydrogen-bond acceptors (Lipinski definition) is 3. The van der Waals surface area contributed by atoms with Gasteiger partial charge in [0.25, 0.3) is 0 Å². The van der Waals surface area contributed by atoms with Crippen LogP contribution >= 0.6 is 0 Å². The van der Waals surface area contributed by atoms with E-state index in [-0.39, 0.29) is 29.8 Å². The standard InChI is InChI=1S/C27H42N4O2/c1-8-9-10-11-12-13-26(33)30(20(2)3)19-25(32)28-24-18-23(27(5,6)7)29-31(24)22-16-14-21(4)15-17-22/h14-18,20H,8-13,19H2,1-7H3,(H,28,32). The number of benzene rings is 1. The Hall–Kier alpha value is -2.63. The predicted octanol–water partition coefficient (Wildman–Crippen LogP) is 6.01. The van der Waals surface area contributed by atoms with Crippen molar-refractivity contribution in [1.29, 1.82) is 0 Å². The quantitative estimate of drug-likeness (QED) is 0.423. The molecule has 0 aliphatic carbocycles. The van der Waals surface area contributed by atoms with E-state index in [2.05, 4.69) is 33.0 Å². The van der Waals surface area contributed by atoms with E-state index in [9.17, 15) is 9.59 Å². The molecule has 182 valence electrons. The summed E-state index contributed by atoms with van der Waals surface area (Å²) in [6.07, 6.45) is 5.97. The molecule has 33 heavy (non-hydrogen) atoms. The van der Waals surface area contributed by atoms with Gasteiger partial charge < -0.3 is 10.2 Å². The molecule has 0 radical (unpaired) electrons. The highest BCUT2D eigenvalue weighted by atomic mass is 16.2. The van der Waals surface area contributed by atoms with Crippen LogP contribution in [0.5, 0.6) is 0 Å². The van der Waals surface area contributed by atoms with Crippen molar-refractivity contribution in [3.8, 4) is 5.69 Å². The van der Waals surface area contributed by atoms with Crippen LogP contribution in [-0.4, -0.2) is 39.1 Å². The Kier molecular flexibility index (Phi) is 9.69. The van der Waals surface area contributed by atoms with E-state index in [4.69, 9.17) is 5.10 Å². The SMILES string of the molecule is CCCCCCCC(=O)N(CC(=O)Nc1cc(C(C)(C)C)nn1-c1ccc(C)cc1)C(C)C. The van der Waals surface area contributed by atoms with Crippen molar-refractivity contribution in [2.24, 2.45) is 0 Å². The number of hydrogen-bond donors (Lipinski definition) is 1. The Morgan fingerprint density at radius 2 is 1.70 bits per heavy atom. The second-order valence-corrected chi connectivity index (χ2v) is 10.2. The fourth-order valence-electron chi connectivity index (χ4n) is 3.64. The summed E-state index contributed by atoms with van der Waals surface area (Å²) in [5, 5.41) is 7.78. The van der Waals surface area contributed by atoms with Crippen molar-refractivity contribution in [1.82, 2.24) is 14.7 Å². The summed E-state index contributed by atoms with van der Waals surface area (Å²) < 4.78 is 1.77. The molecule has 0 saturated carbocycles. The third kappa shape index (κ3) is 8.02. The second kappa shape index (κ2) is 12.0. The number of nitrogens with one attached hydrogen (secondary N) is 1. The van der Waals surface area contributed by atoms with Crippen molar-refractivity contribution in [3.05, 3.63) is 41.6 Å². The maximum absolute atomic E-state index is 13.0. The Labute approximate surface area is 199 Å². The maximum atomic E-state index is 13.0.